The predicted octanol–water partition coefficient (Wildman–Crippen LogP) is 3.66. The molecule has 0 aliphatic carbocycles. The molecule has 0 heterocycles. The number of benzene rings is 2. The van der Waals surface area contributed by atoms with Crippen LogP contribution in [0.2, 0.25) is 10.0 Å². The van der Waals surface area contributed by atoms with Gasteiger partial charge < -0.3 is 19.9 Å². The lowest BCUT2D eigenvalue weighted by molar-refractivity contribution is 0.284. The van der Waals surface area contributed by atoms with Gasteiger partial charge in [-0.05, 0) is 17.7 Å². The van der Waals surface area contributed by atoms with Gasteiger partial charge in [-0.25, -0.2) is 0 Å². The van der Waals surface area contributed by atoms with Gasteiger partial charge in [0, 0.05) is 34.8 Å². The summed E-state index contributed by atoms with van der Waals surface area (Å²) in [7, 11) is 1.58. The van der Waals surface area contributed by atoms with Crippen LogP contribution in [0.3, 0.4) is 0 Å². The van der Waals surface area contributed by atoms with E-state index in [1.807, 2.05) is 30.3 Å². The van der Waals surface area contributed by atoms with E-state index in [0.717, 1.165) is 11.1 Å². The molecule has 2 rings (SSSR count). The van der Waals surface area contributed by atoms with Crippen LogP contribution in [0.5, 0.6) is 11.5 Å². The van der Waals surface area contributed by atoms with Crippen molar-refractivity contribution in [3.05, 3.63) is 57.6 Å². The molecule has 23 heavy (non-hydrogen) atoms. The summed E-state index contributed by atoms with van der Waals surface area (Å²) < 4.78 is 11.2. The third kappa shape index (κ3) is 5.01. The van der Waals surface area contributed by atoms with Gasteiger partial charge >= 0.3 is 0 Å². The van der Waals surface area contributed by atoms with Crippen molar-refractivity contribution in [3.8, 4) is 11.5 Å². The van der Waals surface area contributed by atoms with E-state index in [-0.39, 0.29) is 6.61 Å². The topological polar surface area (TPSA) is 50.7 Å². The van der Waals surface area contributed by atoms with E-state index >= 15 is 0 Å². The van der Waals surface area contributed by atoms with E-state index in [0.29, 0.717) is 41.2 Å². The van der Waals surface area contributed by atoms with E-state index in [9.17, 15) is 0 Å². The van der Waals surface area contributed by atoms with Crippen LogP contribution in [-0.2, 0) is 13.2 Å². The maximum absolute atomic E-state index is 8.81. The van der Waals surface area contributed by atoms with Gasteiger partial charge in [0.25, 0.3) is 0 Å². The summed E-state index contributed by atoms with van der Waals surface area (Å²) in [6.45, 7) is 1.45. The lowest BCUT2D eigenvalue weighted by atomic mass is 10.2. The first-order valence-electron chi connectivity index (χ1n) is 7.20. The first-order chi connectivity index (χ1) is 11.2. The molecule has 4 nitrogen and oxygen atoms in total. The van der Waals surface area contributed by atoms with Crippen molar-refractivity contribution in [2.24, 2.45) is 0 Å². The zero-order valence-corrected chi connectivity index (χ0v) is 14.3. The molecule has 0 atom stereocenters. The lowest BCUT2D eigenvalue weighted by Crippen LogP contribution is -2.17. The van der Waals surface area contributed by atoms with Crippen LogP contribution < -0.4 is 14.8 Å². The number of hydrogen-bond donors (Lipinski definition) is 2. The summed E-state index contributed by atoms with van der Waals surface area (Å²) in [6.07, 6.45) is 0. The molecule has 124 valence electrons. The minimum absolute atomic E-state index is 0.0772. The highest BCUT2D eigenvalue weighted by Crippen LogP contribution is 2.34. The van der Waals surface area contributed by atoms with Gasteiger partial charge in [-0.15, -0.1) is 0 Å². The van der Waals surface area contributed by atoms with E-state index in [4.69, 9.17) is 37.8 Å². The fourth-order valence-electron chi connectivity index (χ4n) is 2.06. The number of rotatable bonds is 8. The zero-order chi connectivity index (χ0) is 16.7. The molecule has 6 heteroatoms. The van der Waals surface area contributed by atoms with Crippen LogP contribution in [0.1, 0.15) is 11.1 Å². The number of aliphatic hydroxyl groups is 1. The molecule has 0 unspecified atom stereocenters. The minimum Gasteiger partial charge on any atom is -0.493 e. The van der Waals surface area contributed by atoms with Crippen LogP contribution in [0.15, 0.2) is 36.4 Å². The summed E-state index contributed by atoms with van der Waals surface area (Å²) in [4.78, 5) is 0. The minimum atomic E-state index is 0.0772. The van der Waals surface area contributed by atoms with Crippen LogP contribution >= 0.6 is 23.2 Å². The predicted molar refractivity (Wildman–Crippen MR) is 92.6 cm³/mol. The normalized spacial score (nSPS) is 10.6. The van der Waals surface area contributed by atoms with Gasteiger partial charge in [0.2, 0.25) is 0 Å². The van der Waals surface area contributed by atoms with Crippen molar-refractivity contribution < 1.29 is 14.6 Å². The molecule has 0 aliphatic rings. The number of aliphatic hydroxyl groups excluding tert-OH is 1. The van der Waals surface area contributed by atoms with Crippen molar-refractivity contribution in [2.45, 2.75) is 13.2 Å². The molecular weight excluding hydrogens is 337 g/mol. The quantitative estimate of drug-likeness (QED) is 0.709. The number of methoxy groups -OCH3 is 1. The maximum Gasteiger partial charge on any atom is 0.163 e. The van der Waals surface area contributed by atoms with Crippen LogP contribution in [0.25, 0.3) is 0 Å². The molecule has 0 spiro atoms. The Labute approximate surface area is 145 Å². The van der Waals surface area contributed by atoms with Crippen molar-refractivity contribution in [3.63, 3.8) is 0 Å². The first kappa shape index (κ1) is 17.9. The highest BCUT2D eigenvalue weighted by atomic mass is 35.5. The maximum atomic E-state index is 8.81. The van der Waals surface area contributed by atoms with Crippen LogP contribution in [-0.4, -0.2) is 25.4 Å². The van der Waals surface area contributed by atoms with Crippen molar-refractivity contribution in [1.82, 2.24) is 5.32 Å². The van der Waals surface area contributed by atoms with Crippen molar-refractivity contribution in [2.75, 3.05) is 20.3 Å². The summed E-state index contributed by atoms with van der Waals surface area (Å²) in [5, 5.41) is 13.1. The molecule has 0 saturated carbocycles. The number of halogens is 2. The number of hydrogen-bond acceptors (Lipinski definition) is 4. The third-order valence-corrected chi connectivity index (χ3v) is 4.00. The summed E-state index contributed by atoms with van der Waals surface area (Å²) in [5.74, 6) is 1.16. The van der Waals surface area contributed by atoms with Crippen LogP contribution in [0, 0.1) is 0 Å². The van der Waals surface area contributed by atoms with Crippen molar-refractivity contribution in [1.29, 1.82) is 0 Å². The average molecular weight is 356 g/mol. The van der Waals surface area contributed by atoms with Gasteiger partial charge in [0.05, 0.1) is 13.7 Å². The number of ether oxygens (including phenoxy) is 2. The first-order valence-corrected chi connectivity index (χ1v) is 7.95. The Morgan fingerprint density at radius 2 is 1.83 bits per heavy atom. The van der Waals surface area contributed by atoms with Gasteiger partial charge in [0.1, 0.15) is 6.61 Å². The molecule has 0 fully saturated rings. The molecule has 0 aliphatic heterocycles. The monoisotopic (exact) mass is 355 g/mol. The second kappa shape index (κ2) is 8.99. The fourth-order valence-corrected chi connectivity index (χ4v) is 2.47. The Bertz CT molecular complexity index is 650. The van der Waals surface area contributed by atoms with Crippen LogP contribution in [0.4, 0.5) is 0 Å². The Hall–Kier alpha value is -1.46. The van der Waals surface area contributed by atoms with Gasteiger partial charge in [-0.3, -0.25) is 0 Å². The molecule has 0 aromatic heterocycles. The standard InChI is InChI=1S/C17H19Cl2NO3/c1-22-16-8-13(10-20-6-7-21)15(19)9-17(16)23-11-12-4-2-3-5-14(12)18/h2-5,8-9,20-21H,6-7,10-11H2,1H3. The molecule has 0 saturated heterocycles. The highest BCUT2D eigenvalue weighted by Gasteiger charge is 2.11. The average Bonchev–Trinajstić information content (AvgIpc) is 2.56. The molecule has 0 amide bonds. The molecule has 0 radical (unpaired) electrons. The van der Waals surface area contributed by atoms with E-state index in [1.54, 1.807) is 13.2 Å². The summed E-state index contributed by atoms with van der Waals surface area (Å²) >= 11 is 12.4. The molecule has 2 N–H and O–H groups in total. The third-order valence-electron chi connectivity index (χ3n) is 3.28. The Kier molecular flexibility index (Phi) is 6.99. The van der Waals surface area contributed by atoms with Gasteiger partial charge in [-0.2, -0.15) is 0 Å². The Morgan fingerprint density at radius 3 is 2.52 bits per heavy atom. The highest BCUT2D eigenvalue weighted by molar-refractivity contribution is 6.31. The number of nitrogens with one attached hydrogen (secondary N) is 1. The molecule has 2 aromatic rings. The van der Waals surface area contributed by atoms with E-state index < -0.39 is 0 Å². The molecule has 0 bridgehead atoms. The summed E-state index contributed by atoms with van der Waals surface area (Å²) in [6, 6.07) is 11.1. The van der Waals surface area contributed by atoms with E-state index in [1.165, 1.54) is 0 Å². The molecular formula is C17H19Cl2NO3. The fraction of sp³-hybridized carbons (Fsp3) is 0.294. The van der Waals surface area contributed by atoms with E-state index in [2.05, 4.69) is 5.32 Å². The molecule has 2 aromatic carbocycles. The van der Waals surface area contributed by atoms with Crippen molar-refractivity contribution >= 4 is 23.2 Å². The zero-order valence-electron chi connectivity index (χ0n) is 12.8. The van der Waals surface area contributed by atoms with Gasteiger partial charge in [-0.1, -0.05) is 41.4 Å². The Morgan fingerprint density at radius 1 is 1.04 bits per heavy atom. The Balaban J connectivity index is 2.12. The van der Waals surface area contributed by atoms with Gasteiger partial charge in [0.15, 0.2) is 11.5 Å². The second-order valence-electron chi connectivity index (χ2n) is 4.87. The second-order valence-corrected chi connectivity index (χ2v) is 5.69. The SMILES string of the molecule is COc1cc(CNCCO)c(Cl)cc1OCc1ccccc1Cl. The summed E-state index contributed by atoms with van der Waals surface area (Å²) in [5.41, 5.74) is 1.77. The largest absolute Gasteiger partial charge is 0.493 e. The lowest BCUT2D eigenvalue weighted by Gasteiger charge is -2.14. The smallest absolute Gasteiger partial charge is 0.163 e.